The van der Waals surface area contributed by atoms with Gasteiger partial charge in [-0.15, -0.1) is 0 Å². The van der Waals surface area contributed by atoms with Gasteiger partial charge in [-0.05, 0) is 55.6 Å². The second-order valence-electron chi connectivity index (χ2n) is 6.90. The Labute approximate surface area is 153 Å². The van der Waals surface area contributed by atoms with E-state index < -0.39 is 11.6 Å². The van der Waals surface area contributed by atoms with E-state index in [1.807, 2.05) is 31.2 Å². The second kappa shape index (κ2) is 7.93. The van der Waals surface area contributed by atoms with Gasteiger partial charge in [-0.2, -0.15) is 0 Å². The van der Waals surface area contributed by atoms with Gasteiger partial charge < -0.3 is 19.4 Å². The zero-order chi connectivity index (χ0) is 18.6. The van der Waals surface area contributed by atoms with E-state index in [2.05, 4.69) is 4.90 Å². The van der Waals surface area contributed by atoms with E-state index in [9.17, 15) is 9.90 Å². The Morgan fingerprint density at radius 3 is 2.69 bits per heavy atom. The molecule has 0 radical (unpaired) electrons. The highest BCUT2D eigenvalue weighted by molar-refractivity contribution is 5.84. The van der Waals surface area contributed by atoms with Crippen LogP contribution in [0.5, 0.6) is 5.75 Å². The second-order valence-corrected chi connectivity index (χ2v) is 6.90. The topological polar surface area (TPSA) is 83.1 Å². The summed E-state index contributed by atoms with van der Waals surface area (Å²) >= 11 is 0. The van der Waals surface area contributed by atoms with Crippen molar-refractivity contribution in [1.29, 1.82) is 0 Å². The van der Waals surface area contributed by atoms with Gasteiger partial charge in [-0.3, -0.25) is 4.90 Å². The molecule has 0 saturated carbocycles. The highest BCUT2D eigenvalue weighted by Crippen LogP contribution is 2.25. The third kappa shape index (κ3) is 4.65. The van der Waals surface area contributed by atoms with E-state index in [-0.39, 0.29) is 12.4 Å². The van der Waals surface area contributed by atoms with Gasteiger partial charge in [0.1, 0.15) is 18.1 Å². The van der Waals surface area contributed by atoms with Crippen molar-refractivity contribution in [2.45, 2.75) is 44.9 Å². The molecular formula is C20H25NO5. The standard InChI is InChI=1S/C20H25NO5/c1-2-20(24)10-3-11-21(14-20)12-15-4-6-16(7-5-15)25-13-17-8-9-18(26-17)19(22)23/h4-9,24H,2-3,10-14H2,1H3,(H,22,23). The van der Waals surface area contributed by atoms with Crippen molar-refractivity contribution < 1.29 is 24.2 Å². The fourth-order valence-electron chi connectivity index (χ4n) is 3.30. The molecule has 0 amide bonds. The van der Waals surface area contributed by atoms with E-state index in [4.69, 9.17) is 14.3 Å². The molecule has 1 aliphatic heterocycles. The normalized spacial score (nSPS) is 20.8. The molecule has 0 bridgehead atoms. The highest BCUT2D eigenvalue weighted by Gasteiger charge is 2.31. The number of β-amino-alcohol motifs (C(OH)–C–C–N with tert-alkyl or cyclic N) is 1. The lowest BCUT2D eigenvalue weighted by Gasteiger charge is -2.38. The van der Waals surface area contributed by atoms with E-state index in [0.717, 1.165) is 32.4 Å². The molecule has 1 fully saturated rings. The lowest BCUT2D eigenvalue weighted by molar-refractivity contribution is -0.0357. The Morgan fingerprint density at radius 2 is 2.04 bits per heavy atom. The van der Waals surface area contributed by atoms with Gasteiger partial charge in [-0.1, -0.05) is 19.1 Å². The van der Waals surface area contributed by atoms with E-state index >= 15 is 0 Å². The number of hydrogen-bond donors (Lipinski definition) is 2. The number of benzene rings is 1. The number of hydrogen-bond acceptors (Lipinski definition) is 5. The maximum atomic E-state index is 10.8. The van der Waals surface area contributed by atoms with Crippen LogP contribution in [0.3, 0.4) is 0 Å². The molecule has 0 aliphatic carbocycles. The number of rotatable bonds is 7. The molecule has 1 atom stereocenters. The minimum Gasteiger partial charge on any atom is -0.486 e. The first-order valence-electron chi connectivity index (χ1n) is 8.96. The molecule has 2 aromatic rings. The number of furan rings is 1. The molecule has 1 aromatic carbocycles. The first-order valence-corrected chi connectivity index (χ1v) is 8.96. The van der Waals surface area contributed by atoms with Crippen LogP contribution >= 0.6 is 0 Å². The van der Waals surface area contributed by atoms with Gasteiger partial charge in [0.2, 0.25) is 5.76 Å². The largest absolute Gasteiger partial charge is 0.486 e. The number of nitrogens with zero attached hydrogens (tertiary/aromatic N) is 1. The Morgan fingerprint density at radius 1 is 1.27 bits per heavy atom. The zero-order valence-electron chi connectivity index (χ0n) is 15.0. The predicted octanol–water partition coefficient (Wildman–Crippen LogP) is 3.29. The van der Waals surface area contributed by atoms with Gasteiger partial charge in [0, 0.05) is 13.1 Å². The summed E-state index contributed by atoms with van der Waals surface area (Å²) in [5.41, 5.74) is 0.614. The lowest BCUT2D eigenvalue weighted by Crippen LogP contribution is -2.47. The Balaban J connectivity index is 1.52. The first-order chi connectivity index (χ1) is 12.5. The Kier molecular flexibility index (Phi) is 5.64. The molecule has 0 spiro atoms. The number of ether oxygens (including phenoxy) is 1. The van der Waals surface area contributed by atoms with Crippen LogP contribution in [0.4, 0.5) is 0 Å². The fourth-order valence-corrected chi connectivity index (χ4v) is 3.30. The van der Waals surface area contributed by atoms with Crippen LogP contribution in [0.1, 0.15) is 48.1 Å². The molecule has 1 unspecified atom stereocenters. The van der Waals surface area contributed by atoms with Crippen molar-refractivity contribution in [3.8, 4) is 5.75 Å². The predicted molar refractivity (Wildman–Crippen MR) is 96.2 cm³/mol. The Hall–Kier alpha value is -2.31. The monoisotopic (exact) mass is 359 g/mol. The minimum absolute atomic E-state index is 0.0903. The van der Waals surface area contributed by atoms with Gasteiger partial charge in [0.25, 0.3) is 0 Å². The zero-order valence-corrected chi connectivity index (χ0v) is 15.0. The van der Waals surface area contributed by atoms with Gasteiger partial charge in [-0.25, -0.2) is 4.79 Å². The van der Waals surface area contributed by atoms with Crippen LogP contribution < -0.4 is 4.74 Å². The molecule has 1 saturated heterocycles. The molecule has 6 nitrogen and oxygen atoms in total. The fraction of sp³-hybridized carbons (Fsp3) is 0.450. The van der Waals surface area contributed by atoms with E-state index in [0.29, 0.717) is 18.1 Å². The summed E-state index contributed by atoms with van der Waals surface area (Å²) in [6.07, 6.45) is 2.68. The van der Waals surface area contributed by atoms with Gasteiger partial charge >= 0.3 is 5.97 Å². The third-order valence-corrected chi connectivity index (χ3v) is 4.88. The third-order valence-electron chi connectivity index (χ3n) is 4.88. The minimum atomic E-state index is -1.09. The van der Waals surface area contributed by atoms with E-state index in [1.54, 1.807) is 6.07 Å². The summed E-state index contributed by atoms with van der Waals surface area (Å²) < 4.78 is 10.8. The molecule has 2 N–H and O–H groups in total. The molecular weight excluding hydrogens is 334 g/mol. The average Bonchev–Trinajstić information content (AvgIpc) is 3.11. The van der Waals surface area contributed by atoms with Crippen LogP contribution in [-0.4, -0.2) is 39.8 Å². The van der Waals surface area contributed by atoms with Crippen LogP contribution in [0, 0.1) is 0 Å². The molecule has 6 heteroatoms. The van der Waals surface area contributed by atoms with Crippen molar-refractivity contribution in [3.05, 3.63) is 53.5 Å². The van der Waals surface area contributed by atoms with Crippen LogP contribution in [0.15, 0.2) is 40.8 Å². The molecule has 3 rings (SSSR count). The summed E-state index contributed by atoms with van der Waals surface area (Å²) in [4.78, 5) is 13.1. The van der Waals surface area contributed by atoms with E-state index in [1.165, 1.54) is 11.6 Å². The molecule has 1 aliphatic rings. The molecule has 140 valence electrons. The summed E-state index contributed by atoms with van der Waals surface area (Å²) in [6.45, 7) is 4.75. The lowest BCUT2D eigenvalue weighted by atomic mass is 9.90. The number of carboxylic acids is 1. The maximum absolute atomic E-state index is 10.8. The average molecular weight is 359 g/mol. The number of carboxylic acid groups (broad SMARTS) is 1. The SMILES string of the molecule is CCC1(O)CCCN(Cc2ccc(OCc3ccc(C(=O)O)o3)cc2)C1. The van der Waals surface area contributed by atoms with Crippen molar-refractivity contribution >= 4 is 5.97 Å². The number of aromatic carboxylic acids is 1. The number of aliphatic hydroxyl groups is 1. The Bertz CT molecular complexity index is 739. The summed E-state index contributed by atoms with van der Waals surface area (Å²) in [7, 11) is 0. The van der Waals surface area contributed by atoms with Crippen LogP contribution in [0.2, 0.25) is 0 Å². The number of piperidine rings is 1. The highest BCUT2D eigenvalue weighted by atomic mass is 16.5. The first kappa shape index (κ1) is 18.5. The summed E-state index contributed by atoms with van der Waals surface area (Å²) in [5, 5.41) is 19.3. The van der Waals surface area contributed by atoms with Gasteiger partial charge in [0.05, 0.1) is 5.60 Å². The van der Waals surface area contributed by atoms with Crippen molar-refractivity contribution in [1.82, 2.24) is 4.90 Å². The van der Waals surface area contributed by atoms with Crippen molar-refractivity contribution in [2.24, 2.45) is 0 Å². The molecule has 1 aromatic heterocycles. The molecule has 26 heavy (non-hydrogen) atoms. The van der Waals surface area contributed by atoms with Crippen LogP contribution in [-0.2, 0) is 13.2 Å². The summed E-state index contributed by atoms with van der Waals surface area (Å²) in [5.74, 6) is -0.00909. The number of likely N-dealkylation sites (tertiary alicyclic amines) is 1. The smallest absolute Gasteiger partial charge is 0.371 e. The van der Waals surface area contributed by atoms with Gasteiger partial charge in [0.15, 0.2) is 0 Å². The van der Waals surface area contributed by atoms with Crippen LogP contribution in [0.25, 0.3) is 0 Å². The molecule has 2 heterocycles. The van der Waals surface area contributed by atoms with Crippen molar-refractivity contribution in [2.75, 3.05) is 13.1 Å². The van der Waals surface area contributed by atoms with Crippen molar-refractivity contribution in [3.63, 3.8) is 0 Å². The maximum Gasteiger partial charge on any atom is 0.371 e. The summed E-state index contributed by atoms with van der Waals surface area (Å²) in [6, 6.07) is 10.8. The number of carbonyl (C=O) groups is 1. The quantitative estimate of drug-likeness (QED) is 0.789.